The Morgan fingerprint density at radius 1 is 1.44 bits per heavy atom. The van der Waals surface area contributed by atoms with Crippen molar-refractivity contribution in [1.82, 2.24) is 10.1 Å². The van der Waals surface area contributed by atoms with Crippen LogP contribution < -0.4 is 5.73 Å². The third-order valence-corrected chi connectivity index (χ3v) is 3.73. The van der Waals surface area contributed by atoms with Crippen molar-refractivity contribution in [2.75, 3.05) is 5.75 Å². The van der Waals surface area contributed by atoms with Crippen LogP contribution in [-0.2, 0) is 5.75 Å². The number of nitrogens with two attached hydrogens (primary N) is 1. The fourth-order valence-electron chi connectivity index (χ4n) is 1.36. The fourth-order valence-corrected chi connectivity index (χ4v) is 2.09. The molecule has 0 saturated carbocycles. The summed E-state index contributed by atoms with van der Waals surface area (Å²) < 4.78 is 5.23. The predicted octanol–water partition coefficient (Wildman–Crippen LogP) is 2.55. The maximum Gasteiger partial charge on any atom is 0.231 e. The van der Waals surface area contributed by atoms with Crippen LogP contribution in [0.15, 0.2) is 4.52 Å². The summed E-state index contributed by atoms with van der Waals surface area (Å²) in [4.78, 5) is 4.37. The third kappa shape index (κ3) is 3.79. The molecule has 2 N–H and O–H groups in total. The molecule has 1 aromatic rings. The van der Waals surface area contributed by atoms with Gasteiger partial charge in [-0.3, -0.25) is 0 Å². The Balaban J connectivity index is 2.50. The van der Waals surface area contributed by atoms with Crippen LogP contribution in [0, 0.1) is 0 Å². The van der Waals surface area contributed by atoms with Gasteiger partial charge in [0.05, 0.1) is 11.7 Å². The second kappa shape index (κ2) is 6.91. The van der Waals surface area contributed by atoms with Crippen LogP contribution >= 0.6 is 11.8 Å². The van der Waals surface area contributed by atoms with Gasteiger partial charge in [0.1, 0.15) is 0 Å². The first-order valence-electron chi connectivity index (χ1n) is 5.84. The summed E-state index contributed by atoms with van der Waals surface area (Å²) >= 11 is 1.83. The molecule has 0 spiro atoms. The van der Waals surface area contributed by atoms with Gasteiger partial charge in [-0.1, -0.05) is 25.9 Å². The Bertz CT molecular complexity index is 303. The van der Waals surface area contributed by atoms with Crippen LogP contribution in [0.2, 0.25) is 0 Å². The summed E-state index contributed by atoms with van der Waals surface area (Å²) in [6.45, 7) is 6.26. The molecule has 92 valence electrons. The Labute approximate surface area is 101 Å². The van der Waals surface area contributed by atoms with Gasteiger partial charge in [-0.2, -0.15) is 16.7 Å². The van der Waals surface area contributed by atoms with Crippen molar-refractivity contribution in [3.05, 3.63) is 11.7 Å². The van der Waals surface area contributed by atoms with Gasteiger partial charge in [-0.15, -0.1) is 0 Å². The van der Waals surface area contributed by atoms with E-state index in [1.165, 1.54) is 6.42 Å². The molecule has 2 unspecified atom stereocenters. The second-order valence-corrected chi connectivity index (χ2v) is 5.07. The van der Waals surface area contributed by atoms with E-state index in [0.717, 1.165) is 23.8 Å². The SMILES string of the molecule is CCCSCc1noc(C(C)C(N)CC)n1. The van der Waals surface area contributed by atoms with Crippen LogP contribution in [0.1, 0.15) is 51.2 Å². The first-order valence-corrected chi connectivity index (χ1v) is 7.00. The average Bonchev–Trinajstić information content (AvgIpc) is 2.76. The molecular weight excluding hydrogens is 222 g/mol. The lowest BCUT2D eigenvalue weighted by atomic mass is 10.0. The number of hydrogen-bond acceptors (Lipinski definition) is 5. The monoisotopic (exact) mass is 243 g/mol. The minimum absolute atomic E-state index is 0.0941. The molecule has 1 heterocycles. The molecule has 0 bridgehead atoms. The second-order valence-electron chi connectivity index (χ2n) is 3.96. The molecule has 0 fully saturated rings. The Hall–Kier alpha value is -0.550. The summed E-state index contributed by atoms with van der Waals surface area (Å²) in [5.41, 5.74) is 5.95. The first kappa shape index (κ1) is 13.5. The van der Waals surface area contributed by atoms with E-state index in [2.05, 4.69) is 24.0 Å². The quantitative estimate of drug-likeness (QED) is 0.746. The van der Waals surface area contributed by atoms with Gasteiger partial charge in [0.25, 0.3) is 0 Å². The normalized spacial score (nSPS) is 15.0. The lowest BCUT2D eigenvalue weighted by Gasteiger charge is -2.13. The third-order valence-electron chi connectivity index (χ3n) is 2.57. The van der Waals surface area contributed by atoms with Crippen molar-refractivity contribution in [1.29, 1.82) is 0 Å². The van der Waals surface area contributed by atoms with E-state index in [0.29, 0.717) is 5.89 Å². The number of hydrogen-bond donors (Lipinski definition) is 1. The Kier molecular flexibility index (Phi) is 5.84. The Morgan fingerprint density at radius 3 is 2.81 bits per heavy atom. The molecular formula is C11H21N3OS. The number of nitrogens with zero attached hydrogens (tertiary/aromatic N) is 2. The lowest BCUT2D eigenvalue weighted by molar-refractivity contribution is 0.337. The van der Waals surface area contributed by atoms with Crippen LogP contribution in [0.4, 0.5) is 0 Å². The van der Waals surface area contributed by atoms with Crippen molar-refractivity contribution in [2.24, 2.45) is 5.73 Å². The van der Waals surface area contributed by atoms with E-state index >= 15 is 0 Å². The molecule has 0 aliphatic heterocycles. The topological polar surface area (TPSA) is 64.9 Å². The molecule has 0 saturated heterocycles. The van der Waals surface area contributed by atoms with E-state index in [-0.39, 0.29) is 12.0 Å². The van der Waals surface area contributed by atoms with Crippen molar-refractivity contribution in [3.8, 4) is 0 Å². The fraction of sp³-hybridized carbons (Fsp3) is 0.818. The molecule has 0 radical (unpaired) electrons. The molecule has 5 heteroatoms. The summed E-state index contributed by atoms with van der Waals surface area (Å²) in [5.74, 6) is 3.55. The van der Waals surface area contributed by atoms with Gasteiger partial charge in [0.15, 0.2) is 5.82 Å². The maximum atomic E-state index is 5.95. The standard InChI is InChI=1S/C11H21N3OS/c1-4-6-16-7-10-13-11(15-14-10)8(3)9(12)5-2/h8-9H,4-7,12H2,1-3H3. The van der Waals surface area contributed by atoms with Crippen molar-refractivity contribution in [3.63, 3.8) is 0 Å². The van der Waals surface area contributed by atoms with Crippen LogP contribution in [-0.4, -0.2) is 21.9 Å². The zero-order valence-corrected chi connectivity index (χ0v) is 11.1. The first-order chi connectivity index (χ1) is 7.69. The molecule has 1 rings (SSSR count). The van der Waals surface area contributed by atoms with E-state index in [9.17, 15) is 0 Å². The summed E-state index contributed by atoms with van der Waals surface area (Å²) in [6.07, 6.45) is 2.09. The molecule has 0 aromatic carbocycles. The van der Waals surface area contributed by atoms with Gasteiger partial charge in [0, 0.05) is 6.04 Å². The molecule has 0 aliphatic rings. The van der Waals surface area contributed by atoms with Crippen LogP contribution in [0.3, 0.4) is 0 Å². The molecule has 16 heavy (non-hydrogen) atoms. The molecule has 1 aromatic heterocycles. The smallest absolute Gasteiger partial charge is 0.231 e. The van der Waals surface area contributed by atoms with E-state index in [1.54, 1.807) is 0 Å². The van der Waals surface area contributed by atoms with Gasteiger partial charge in [0.2, 0.25) is 5.89 Å². The summed E-state index contributed by atoms with van der Waals surface area (Å²) in [6, 6.07) is 0.0941. The number of aromatic nitrogens is 2. The van der Waals surface area contributed by atoms with Gasteiger partial charge in [-0.25, -0.2) is 0 Å². The van der Waals surface area contributed by atoms with E-state index in [1.807, 2.05) is 18.7 Å². The van der Waals surface area contributed by atoms with Gasteiger partial charge in [-0.05, 0) is 18.6 Å². The highest BCUT2D eigenvalue weighted by molar-refractivity contribution is 7.98. The highest BCUT2D eigenvalue weighted by Gasteiger charge is 2.19. The van der Waals surface area contributed by atoms with Crippen molar-refractivity contribution >= 4 is 11.8 Å². The molecule has 0 amide bonds. The predicted molar refractivity (Wildman–Crippen MR) is 67.4 cm³/mol. The zero-order chi connectivity index (χ0) is 12.0. The lowest BCUT2D eigenvalue weighted by Crippen LogP contribution is -2.25. The largest absolute Gasteiger partial charge is 0.339 e. The summed E-state index contributed by atoms with van der Waals surface area (Å²) in [5, 5.41) is 3.96. The van der Waals surface area contributed by atoms with Gasteiger partial charge >= 0.3 is 0 Å². The van der Waals surface area contributed by atoms with Crippen LogP contribution in [0.25, 0.3) is 0 Å². The molecule has 0 aliphatic carbocycles. The minimum Gasteiger partial charge on any atom is -0.339 e. The van der Waals surface area contributed by atoms with Crippen LogP contribution in [0.5, 0.6) is 0 Å². The van der Waals surface area contributed by atoms with Crippen molar-refractivity contribution in [2.45, 2.75) is 51.3 Å². The number of rotatable bonds is 7. The van der Waals surface area contributed by atoms with E-state index in [4.69, 9.17) is 10.3 Å². The van der Waals surface area contributed by atoms with Crippen molar-refractivity contribution < 1.29 is 4.52 Å². The maximum absolute atomic E-state index is 5.95. The average molecular weight is 243 g/mol. The molecule has 2 atom stereocenters. The number of thioether (sulfide) groups is 1. The zero-order valence-electron chi connectivity index (χ0n) is 10.3. The molecule has 4 nitrogen and oxygen atoms in total. The summed E-state index contributed by atoms with van der Waals surface area (Å²) in [7, 11) is 0. The minimum atomic E-state index is 0.0941. The van der Waals surface area contributed by atoms with E-state index < -0.39 is 0 Å². The van der Waals surface area contributed by atoms with Gasteiger partial charge < -0.3 is 10.3 Å². The Morgan fingerprint density at radius 2 is 2.19 bits per heavy atom. The highest BCUT2D eigenvalue weighted by Crippen LogP contribution is 2.19. The highest BCUT2D eigenvalue weighted by atomic mass is 32.2.